The van der Waals surface area contributed by atoms with E-state index in [0.29, 0.717) is 23.7 Å². The first-order valence-corrected chi connectivity index (χ1v) is 11.5. The summed E-state index contributed by atoms with van der Waals surface area (Å²) in [6.07, 6.45) is 3.33. The van der Waals surface area contributed by atoms with Crippen molar-refractivity contribution < 1.29 is 13.2 Å². The Labute approximate surface area is 173 Å². The van der Waals surface area contributed by atoms with E-state index in [1.807, 2.05) is 19.1 Å². The van der Waals surface area contributed by atoms with E-state index < -0.39 is 10.0 Å². The Morgan fingerprint density at radius 3 is 2.38 bits per heavy atom. The van der Waals surface area contributed by atoms with Gasteiger partial charge in [-0.05, 0) is 88.1 Å². The first kappa shape index (κ1) is 21.3. The lowest BCUT2D eigenvalue weighted by Crippen LogP contribution is -2.32. The Hall–Kier alpha value is -2.38. The number of amides is 1. The molecule has 2 N–H and O–H groups in total. The second kappa shape index (κ2) is 9.41. The summed E-state index contributed by atoms with van der Waals surface area (Å²) in [4.78, 5) is 14.8. The third kappa shape index (κ3) is 5.81. The Bertz CT molecular complexity index is 934. The fraction of sp³-hybridized carbons (Fsp3) is 0.409. The molecule has 2 aromatic carbocycles. The van der Waals surface area contributed by atoms with Gasteiger partial charge in [0.2, 0.25) is 0 Å². The van der Waals surface area contributed by atoms with Crippen LogP contribution in [0.5, 0.6) is 0 Å². The summed E-state index contributed by atoms with van der Waals surface area (Å²) in [5, 5.41) is 2.95. The minimum Gasteiger partial charge on any atom is -0.352 e. The van der Waals surface area contributed by atoms with Crippen molar-refractivity contribution in [3.8, 4) is 0 Å². The highest BCUT2D eigenvalue weighted by atomic mass is 32.2. The molecule has 0 atom stereocenters. The first-order valence-electron chi connectivity index (χ1n) is 10.0. The molecule has 1 amide bonds. The van der Waals surface area contributed by atoms with Crippen LogP contribution in [0.15, 0.2) is 53.4 Å². The Morgan fingerprint density at radius 2 is 1.72 bits per heavy atom. The molecule has 0 spiro atoms. The molecule has 1 fully saturated rings. The van der Waals surface area contributed by atoms with Crippen LogP contribution < -0.4 is 10.0 Å². The highest BCUT2D eigenvalue weighted by Gasteiger charge is 2.18. The molecule has 1 aliphatic heterocycles. The van der Waals surface area contributed by atoms with Crippen LogP contribution in [0, 0.1) is 12.8 Å². The zero-order valence-electron chi connectivity index (χ0n) is 17.0. The van der Waals surface area contributed by atoms with E-state index in [9.17, 15) is 13.2 Å². The monoisotopic (exact) mass is 415 g/mol. The largest absolute Gasteiger partial charge is 0.352 e. The van der Waals surface area contributed by atoms with E-state index in [2.05, 4.69) is 22.0 Å². The van der Waals surface area contributed by atoms with E-state index in [-0.39, 0.29) is 10.8 Å². The molecule has 0 aromatic heterocycles. The number of sulfonamides is 1. The molecule has 1 saturated heterocycles. The Kier molecular flexibility index (Phi) is 6.92. The zero-order valence-corrected chi connectivity index (χ0v) is 17.8. The molecular formula is C22H29N3O3S. The zero-order chi connectivity index (χ0) is 20.9. The summed E-state index contributed by atoms with van der Waals surface area (Å²) in [6, 6.07) is 13.2. The van der Waals surface area contributed by atoms with Crippen LogP contribution in [-0.2, 0) is 10.0 Å². The van der Waals surface area contributed by atoms with Gasteiger partial charge in [0, 0.05) is 12.1 Å². The average molecular weight is 416 g/mol. The summed E-state index contributed by atoms with van der Waals surface area (Å²) in [6.45, 7) is 4.72. The summed E-state index contributed by atoms with van der Waals surface area (Å²) in [5.74, 6) is 0.486. The standard InChI is InChI=1S/C22H29N3O3S/c1-17-5-3-4-6-21(17)24-29(27,28)20-9-7-19(8-10-20)22(26)23-14-11-18-12-15-25(2)16-13-18/h3-10,18,24H,11-16H2,1-2H3,(H,23,26). The van der Waals surface area contributed by atoms with E-state index >= 15 is 0 Å². The van der Waals surface area contributed by atoms with E-state index in [4.69, 9.17) is 0 Å². The first-order chi connectivity index (χ1) is 13.8. The highest BCUT2D eigenvalue weighted by molar-refractivity contribution is 7.92. The van der Waals surface area contributed by atoms with Gasteiger partial charge in [-0.15, -0.1) is 0 Å². The number of rotatable bonds is 7. The maximum atomic E-state index is 12.6. The number of hydrogen-bond donors (Lipinski definition) is 2. The second-order valence-electron chi connectivity index (χ2n) is 7.74. The van der Waals surface area contributed by atoms with Gasteiger partial charge in [-0.25, -0.2) is 8.42 Å². The third-order valence-electron chi connectivity index (χ3n) is 5.49. The number of aryl methyl sites for hydroxylation is 1. The molecule has 0 unspecified atom stereocenters. The number of hydrogen-bond acceptors (Lipinski definition) is 4. The maximum Gasteiger partial charge on any atom is 0.261 e. The van der Waals surface area contributed by atoms with Gasteiger partial charge in [0.15, 0.2) is 0 Å². The van der Waals surface area contributed by atoms with Crippen LogP contribution in [0.1, 0.15) is 35.2 Å². The van der Waals surface area contributed by atoms with Gasteiger partial charge in [-0.1, -0.05) is 18.2 Å². The lowest BCUT2D eigenvalue weighted by atomic mass is 9.94. The van der Waals surface area contributed by atoms with Crippen LogP contribution >= 0.6 is 0 Å². The van der Waals surface area contributed by atoms with Crippen molar-refractivity contribution in [3.05, 3.63) is 59.7 Å². The number of carbonyl (C=O) groups is 1. The molecule has 0 bridgehead atoms. The van der Waals surface area contributed by atoms with Crippen LogP contribution in [-0.4, -0.2) is 45.9 Å². The molecule has 156 valence electrons. The van der Waals surface area contributed by atoms with Gasteiger partial charge >= 0.3 is 0 Å². The van der Waals surface area contributed by atoms with Gasteiger partial charge < -0.3 is 10.2 Å². The summed E-state index contributed by atoms with van der Waals surface area (Å²) in [7, 11) is -1.56. The van der Waals surface area contributed by atoms with Crippen LogP contribution in [0.2, 0.25) is 0 Å². The smallest absolute Gasteiger partial charge is 0.261 e. The van der Waals surface area contributed by atoms with Crippen molar-refractivity contribution in [1.29, 1.82) is 0 Å². The molecule has 29 heavy (non-hydrogen) atoms. The minimum atomic E-state index is -3.70. The normalized spacial score (nSPS) is 15.8. The summed E-state index contributed by atoms with van der Waals surface area (Å²) in [5.41, 5.74) is 1.85. The summed E-state index contributed by atoms with van der Waals surface area (Å²) >= 11 is 0. The van der Waals surface area contributed by atoms with Gasteiger partial charge in [0.1, 0.15) is 0 Å². The lowest BCUT2D eigenvalue weighted by Gasteiger charge is -2.28. The molecule has 2 aromatic rings. The molecule has 1 heterocycles. The lowest BCUT2D eigenvalue weighted by molar-refractivity contribution is 0.0949. The number of benzene rings is 2. The predicted molar refractivity (Wildman–Crippen MR) is 116 cm³/mol. The minimum absolute atomic E-state index is 0.128. The fourth-order valence-corrected chi connectivity index (χ4v) is 4.65. The SMILES string of the molecule is Cc1ccccc1NS(=O)(=O)c1ccc(C(=O)NCCC2CCN(C)CC2)cc1. The number of nitrogens with one attached hydrogen (secondary N) is 2. The average Bonchev–Trinajstić information content (AvgIpc) is 2.71. The molecule has 7 heteroatoms. The quantitative estimate of drug-likeness (QED) is 0.728. The van der Waals surface area contributed by atoms with Gasteiger partial charge in [0.05, 0.1) is 10.6 Å². The molecule has 3 rings (SSSR count). The fourth-order valence-electron chi connectivity index (χ4n) is 3.52. The molecule has 6 nitrogen and oxygen atoms in total. The highest BCUT2D eigenvalue weighted by Crippen LogP contribution is 2.20. The van der Waals surface area contributed by atoms with Crippen molar-refractivity contribution in [2.45, 2.75) is 31.1 Å². The number of anilines is 1. The van der Waals surface area contributed by atoms with Crippen molar-refractivity contribution in [2.24, 2.45) is 5.92 Å². The van der Waals surface area contributed by atoms with E-state index in [1.165, 1.54) is 25.0 Å². The van der Waals surface area contributed by atoms with Crippen molar-refractivity contribution in [1.82, 2.24) is 10.2 Å². The maximum absolute atomic E-state index is 12.6. The molecule has 1 aliphatic rings. The molecule has 0 radical (unpaired) electrons. The van der Waals surface area contributed by atoms with Gasteiger partial charge in [0.25, 0.3) is 15.9 Å². The predicted octanol–water partition coefficient (Wildman–Crippen LogP) is 3.26. The Balaban J connectivity index is 1.55. The van der Waals surface area contributed by atoms with Crippen LogP contribution in [0.3, 0.4) is 0 Å². The van der Waals surface area contributed by atoms with Crippen LogP contribution in [0.4, 0.5) is 5.69 Å². The molecular weight excluding hydrogens is 386 g/mol. The van der Waals surface area contributed by atoms with E-state index in [1.54, 1.807) is 24.3 Å². The number of para-hydroxylation sites is 1. The molecule has 0 saturated carbocycles. The van der Waals surface area contributed by atoms with Gasteiger partial charge in [-0.2, -0.15) is 0 Å². The van der Waals surface area contributed by atoms with Crippen LogP contribution in [0.25, 0.3) is 0 Å². The summed E-state index contributed by atoms with van der Waals surface area (Å²) < 4.78 is 27.8. The Morgan fingerprint density at radius 1 is 1.07 bits per heavy atom. The number of carbonyl (C=O) groups excluding carboxylic acids is 1. The van der Waals surface area contributed by atoms with E-state index in [0.717, 1.165) is 25.1 Å². The third-order valence-corrected chi connectivity index (χ3v) is 6.87. The van der Waals surface area contributed by atoms with Crippen molar-refractivity contribution >= 4 is 21.6 Å². The van der Waals surface area contributed by atoms with Crippen molar-refractivity contribution in [3.63, 3.8) is 0 Å². The van der Waals surface area contributed by atoms with Crippen molar-refractivity contribution in [2.75, 3.05) is 31.4 Å². The number of piperidine rings is 1. The molecule has 0 aliphatic carbocycles. The number of nitrogens with zero attached hydrogens (tertiary/aromatic N) is 1. The second-order valence-corrected chi connectivity index (χ2v) is 9.42. The number of likely N-dealkylation sites (tertiary alicyclic amines) is 1. The van der Waals surface area contributed by atoms with Gasteiger partial charge in [-0.3, -0.25) is 9.52 Å². The topological polar surface area (TPSA) is 78.5 Å².